The number of hydrogen-bond acceptors (Lipinski definition) is 4. The minimum Gasteiger partial charge on any atom is -0.480 e. The van der Waals surface area contributed by atoms with Crippen molar-refractivity contribution in [2.75, 3.05) is 13.7 Å². The number of aromatic nitrogens is 2. The standard InChI is InChI=1S/C15H18FN3O/c1-4-17-13(11-6-5-10(2)9-12(11)16)14-15(20-3)19-8-7-18-14/h5-9,13,17H,4H2,1-3H3. The molecule has 20 heavy (non-hydrogen) atoms. The number of aryl methyl sites for hydroxylation is 1. The molecule has 0 fully saturated rings. The van der Waals surface area contributed by atoms with Crippen LogP contribution in [0.25, 0.3) is 0 Å². The molecule has 2 rings (SSSR count). The van der Waals surface area contributed by atoms with Crippen molar-refractivity contribution in [3.63, 3.8) is 0 Å². The summed E-state index contributed by atoms with van der Waals surface area (Å²) in [5.41, 5.74) is 2.00. The maximum Gasteiger partial charge on any atom is 0.237 e. The van der Waals surface area contributed by atoms with Crippen LogP contribution in [0.5, 0.6) is 5.88 Å². The third-order valence-electron chi connectivity index (χ3n) is 3.03. The van der Waals surface area contributed by atoms with E-state index in [0.29, 0.717) is 23.7 Å². The number of methoxy groups -OCH3 is 1. The molecule has 0 bridgehead atoms. The Morgan fingerprint density at radius 3 is 2.70 bits per heavy atom. The van der Waals surface area contributed by atoms with Crippen LogP contribution in [-0.4, -0.2) is 23.6 Å². The van der Waals surface area contributed by atoms with Crippen LogP contribution < -0.4 is 10.1 Å². The normalized spacial score (nSPS) is 12.2. The maximum atomic E-state index is 14.2. The lowest BCUT2D eigenvalue weighted by Gasteiger charge is -2.20. The lowest BCUT2D eigenvalue weighted by Crippen LogP contribution is -2.24. The van der Waals surface area contributed by atoms with Crippen molar-refractivity contribution in [2.45, 2.75) is 19.9 Å². The Morgan fingerprint density at radius 2 is 2.05 bits per heavy atom. The SMILES string of the molecule is CCNC(c1ccc(C)cc1F)c1nccnc1OC. The van der Waals surface area contributed by atoms with Gasteiger partial charge in [0.15, 0.2) is 0 Å². The van der Waals surface area contributed by atoms with E-state index >= 15 is 0 Å². The predicted octanol–water partition coefficient (Wildman–Crippen LogP) is 2.63. The summed E-state index contributed by atoms with van der Waals surface area (Å²) in [5.74, 6) is 0.141. The first kappa shape index (κ1) is 14.4. The second kappa shape index (κ2) is 6.43. The monoisotopic (exact) mass is 275 g/mol. The van der Waals surface area contributed by atoms with Crippen molar-refractivity contribution in [2.24, 2.45) is 0 Å². The van der Waals surface area contributed by atoms with Crippen LogP contribution >= 0.6 is 0 Å². The molecule has 1 aromatic carbocycles. The fourth-order valence-corrected chi connectivity index (χ4v) is 2.12. The molecule has 4 nitrogen and oxygen atoms in total. The van der Waals surface area contributed by atoms with Crippen LogP contribution in [0.3, 0.4) is 0 Å². The van der Waals surface area contributed by atoms with Crippen LogP contribution in [0.15, 0.2) is 30.6 Å². The van der Waals surface area contributed by atoms with Gasteiger partial charge < -0.3 is 10.1 Å². The molecule has 106 valence electrons. The minimum atomic E-state index is -0.385. The predicted molar refractivity (Wildman–Crippen MR) is 75.2 cm³/mol. The van der Waals surface area contributed by atoms with Crippen LogP contribution in [-0.2, 0) is 0 Å². The molecule has 0 saturated carbocycles. The number of nitrogens with zero attached hydrogens (tertiary/aromatic N) is 2. The largest absolute Gasteiger partial charge is 0.480 e. The number of hydrogen-bond donors (Lipinski definition) is 1. The van der Waals surface area contributed by atoms with Gasteiger partial charge in [0.1, 0.15) is 11.5 Å². The van der Waals surface area contributed by atoms with E-state index < -0.39 is 0 Å². The molecule has 0 radical (unpaired) electrons. The molecule has 1 unspecified atom stereocenters. The second-order valence-electron chi connectivity index (χ2n) is 4.47. The van der Waals surface area contributed by atoms with E-state index in [1.54, 1.807) is 18.5 Å². The summed E-state index contributed by atoms with van der Waals surface area (Å²) in [6.45, 7) is 4.50. The molecule has 0 saturated heterocycles. The Kier molecular flexibility index (Phi) is 4.63. The average molecular weight is 275 g/mol. The molecule has 0 spiro atoms. The van der Waals surface area contributed by atoms with E-state index in [1.165, 1.54) is 13.2 Å². The highest BCUT2D eigenvalue weighted by Crippen LogP contribution is 2.28. The number of rotatable bonds is 5. The van der Waals surface area contributed by atoms with Gasteiger partial charge in [-0.25, -0.2) is 9.37 Å². The first-order valence-corrected chi connectivity index (χ1v) is 6.51. The first-order valence-electron chi connectivity index (χ1n) is 6.51. The summed E-state index contributed by atoms with van der Waals surface area (Å²) >= 11 is 0. The smallest absolute Gasteiger partial charge is 0.237 e. The highest BCUT2D eigenvalue weighted by molar-refractivity contribution is 5.35. The fourth-order valence-electron chi connectivity index (χ4n) is 2.12. The molecular formula is C15H18FN3O. The van der Waals surface area contributed by atoms with Gasteiger partial charge in [-0.3, -0.25) is 4.98 Å². The summed E-state index contributed by atoms with van der Waals surface area (Å²) in [6.07, 6.45) is 3.13. The Labute approximate surface area is 118 Å². The summed E-state index contributed by atoms with van der Waals surface area (Å²) < 4.78 is 19.4. The highest BCUT2D eigenvalue weighted by Gasteiger charge is 2.22. The Hall–Kier alpha value is -2.01. The molecule has 1 heterocycles. The van der Waals surface area contributed by atoms with Crippen LogP contribution in [0.1, 0.15) is 29.8 Å². The molecule has 5 heteroatoms. The fraction of sp³-hybridized carbons (Fsp3) is 0.333. The van der Waals surface area contributed by atoms with Gasteiger partial charge in [0.05, 0.1) is 13.2 Å². The lowest BCUT2D eigenvalue weighted by atomic mass is 10.0. The van der Waals surface area contributed by atoms with Gasteiger partial charge in [-0.2, -0.15) is 0 Å². The number of benzene rings is 1. The molecule has 1 atom stereocenters. The highest BCUT2D eigenvalue weighted by atomic mass is 19.1. The Bertz CT molecular complexity index is 589. The minimum absolute atomic E-state index is 0.261. The number of nitrogens with one attached hydrogen (secondary N) is 1. The average Bonchev–Trinajstić information content (AvgIpc) is 2.45. The quantitative estimate of drug-likeness (QED) is 0.911. The summed E-state index contributed by atoms with van der Waals surface area (Å²) in [6, 6.07) is 4.78. The van der Waals surface area contributed by atoms with Crippen molar-refractivity contribution < 1.29 is 9.13 Å². The van der Waals surface area contributed by atoms with Crippen molar-refractivity contribution >= 4 is 0 Å². The molecule has 2 aromatic rings. The van der Waals surface area contributed by atoms with Crippen molar-refractivity contribution in [1.29, 1.82) is 0 Å². The van der Waals surface area contributed by atoms with Gasteiger partial charge in [-0.1, -0.05) is 19.1 Å². The van der Waals surface area contributed by atoms with Gasteiger partial charge >= 0.3 is 0 Å². The maximum absolute atomic E-state index is 14.2. The number of ether oxygens (including phenoxy) is 1. The van der Waals surface area contributed by atoms with Gasteiger partial charge in [-0.05, 0) is 25.1 Å². The first-order chi connectivity index (χ1) is 9.67. The summed E-state index contributed by atoms with van der Waals surface area (Å²) in [7, 11) is 1.53. The molecule has 1 aromatic heterocycles. The number of halogens is 1. The van der Waals surface area contributed by atoms with E-state index in [-0.39, 0.29) is 11.9 Å². The van der Waals surface area contributed by atoms with Crippen LogP contribution in [0, 0.1) is 12.7 Å². The third kappa shape index (κ3) is 2.93. The molecule has 0 aliphatic carbocycles. The van der Waals surface area contributed by atoms with Gasteiger partial charge in [0.2, 0.25) is 5.88 Å². The molecule has 0 aliphatic rings. The summed E-state index contributed by atoms with van der Waals surface area (Å²) in [4.78, 5) is 8.42. The van der Waals surface area contributed by atoms with E-state index in [4.69, 9.17) is 4.74 Å². The molecule has 0 aliphatic heterocycles. The van der Waals surface area contributed by atoms with Gasteiger partial charge in [-0.15, -0.1) is 0 Å². The van der Waals surface area contributed by atoms with Gasteiger partial charge in [0, 0.05) is 18.0 Å². The van der Waals surface area contributed by atoms with Gasteiger partial charge in [0.25, 0.3) is 0 Å². The summed E-state index contributed by atoms with van der Waals surface area (Å²) in [5, 5.41) is 3.23. The van der Waals surface area contributed by atoms with Crippen molar-refractivity contribution in [1.82, 2.24) is 15.3 Å². The van der Waals surface area contributed by atoms with E-state index in [2.05, 4.69) is 15.3 Å². The lowest BCUT2D eigenvalue weighted by molar-refractivity contribution is 0.382. The van der Waals surface area contributed by atoms with Crippen molar-refractivity contribution in [3.05, 3.63) is 53.2 Å². The van der Waals surface area contributed by atoms with E-state index in [1.807, 2.05) is 19.9 Å². The van der Waals surface area contributed by atoms with E-state index in [9.17, 15) is 4.39 Å². The second-order valence-corrected chi connectivity index (χ2v) is 4.47. The topological polar surface area (TPSA) is 47.0 Å². The Morgan fingerprint density at radius 1 is 1.30 bits per heavy atom. The molecular weight excluding hydrogens is 257 g/mol. The Balaban J connectivity index is 2.50. The zero-order valence-electron chi connectivity index (χ0n) is 11.9. The third-order valence-corrected chi connectivity index (χ3v) is 3.03. The van der Waals surface area contributed by atoms with Crippen molar-refractivity contribution in [3.8, 4) is 5.88 Å². The van der Waals surface area contributed by atoms with Crippen LogP contribution in [0.4, 0.5) is 4.39 Å². The van der Waals surface area contributed by atoms with Crippen LogP contribution in [0.2, 0.25) is 0 Å². The zero-order valence-corrected chi connectivity index (χ0v) is 11.9. The van der Waals surface area contributed by atoms with E-state index in [0.717, 1.165) is 5.56 Å². The molecule has 0 amide bonds. The molecule has 1 N–H and O–H groups in total. The zero-order chi connectivity index (χ0) is 14.5.